The maximum atomic E-state index is 10.9. The lowest BCUT2D eigenvalue weighted by atomic mass is 10.2. The lowest BCUT2D eigenvalue weighted by Crippen LogP contribution is -1.95. The van der Waals surface area contributed by atoms with Gasteiger partial charge in [0.05, 0.1) is 5.56 Å². The Morgan fingerprint density at radius 2 is 2.40 bits per heavy atom. The summed E-state index contributed by atoms with van der Waals surface area (Å²) >= 11 is 6.08. The predicted molar refractivity (Wildman–Crippen MR) is 60.3 cm³/mol. The van der Waals surface area contributed by atoms with E-state index in [0.29, 0.717) is 22.9 Å². The van der Waals surface area contributed by atoms with Gasteiger partial charge in [-0.05, 0) is 12.1 Å². The first-order valence-electron chi connectivity index (χ1n) is 4.48. The molecule has 0 aliphatic heterocycles. The molecule has 0 fully saturated rings. The van der Waals surface area contributed by atoms with Crippen molar-refractivity contribution in [2.24, 2.45) is 0 Å². The average Bonchev–Trinajstić information content (AvgIpc) is 2.53. The second kappa shape index (κ2) is 3.87. The summed E-state index contributed by atoms with van der Waals surface area (Å²) in [5.74, 6) is 0. The Morgan fingerprint density at radius 3 is 3.07 bits per heavy atom. The SMILES string of the molecule is C=CCn1c(Cl)c(C=O)c2cccnc21. The van der Waals surface area contributed by atoms with Crippen LogP contribution < -0.4 is 0 Å². The summed E-state index contributed by atoms with van der Waals surface area (Å²) in [5, 5.41) is 1.19. The largest absolute Gasteiger partial charge is 0.312 e. The van der Waals surface area contributed by atoms with Crippen LogP contribution in [0.3, 0.4) is 0 Å². The molecule has 0 saturated heterocycles. The molecule has 2 aromatic rings. The maximum Gasteiger partial charge on any atom is 0.153 e. The summed E-state index contributed by atoms with van der Waals surface area (Å²) in [6.45, 7) is 4.19. The molecule has 3 nitrogen and oxygen atoms in total. The molecule has 0 atom stereocenters. The Kier molecular flexibility index (Phi) is 2.56. The van der Waals surface area contributed by atoms with Gasteiger partial charge < -0.3 is 4.57 Å². The van der Waals surface area contributed by atoms with Gasteiger partial charge in [-0.25, -0.2) is 4.98 Å². The van der Waals surface area contributed by atoms with E-state index >= 15 is 0 Å². The first-order chi connectivity index (χ1) is 7.29. The van der Waals surface area contributed by atoms with Gasteiger partial charge in [-0.15, -0.1) is 6.58 Å². The van der Waals surface area contributed by atoms with E-state index in [1.807, 2.05) is 6.07 Å². The summed E-state index contributed by atoms with van der Waals surface area (Å²) in [6, 6.07) is 3.61. The minimum atomic E-state index is 0.415. The average molecular weight is 221 g/mol. The molecule has 2 rings (SSSR count). The highest BCUT2D eigenvalue weighted by atomic mass is 35.5. The van der Waals surface area contributed by atoms with E-state index in [1.165, 1.54) is 0 Å². The van der Waals surface area contributed by atoms with Crippen molar-refractivity contribution in [3.05, 3.63) is 41.7 Å². The van der Waals surface area contributed by atoms with Crippen LogP contribution in [-0.4, -0.2) is 15.8 Å². The van der Waals surface area contributed by atoms with Crippen LogP contribution in [0.5, 0.6) is 0 Å². The molecule has 0 N–H and O–H groups in total. The first kappa shape index (κ1) is 9.93. The van der Waals surface area contributed by atoms with E-state index in [-0.39, 0.29) is 0 Å². The molecule has 76 valence electrons. The van der Waals surface area contributed by atoms with Gasteiger partial charge in [0.2, 0.25) is 0 Å². The highest BCUT2D eigenvalue weighted by Crippen LogP contribution is 2.27. The van der Waals surface area contributed by atoms with Gasteiger partial charge in [0, 0.05) is 18.1 Å². The molecule has 0 aromatic carbocycles. The standard InChI is InChI=1S/C11H9ClN2O/c1-2-6-14-10(12)9(7-15)8-4-3-5-13-11(8)14/h2-5,7H,1,6H2. The van der Waals surface area contributed by atoms with Crippen molar-refractivity contribution in [2.45, 2.75) is 6.54 Å². The Bertz CT molecular complexity index is 531. The Labute approximate surface area is 92.0 Å². The van der Waals surface area contributed by atoms with Crippen LogP contribution in [-0.2, 0) is 6.54 Å². The molecule has 0 aliphatic rings. The highest BCUT2D eigenvalue weighted by Gasteiger charge is 2.14. The lowest BCUT2D eigenvalue weighted by Gasteiger charge is -2.00. The molecule has 15 heavy (non-hydrogen) atoms. The van der Waals surface area contributed by atoms with E-state index in [1.54, 1.807) is 22.9 Å². The number of aldehydes is 1. The van der Waals surface area contributed by atoms with Crippen molar-refractivity contribution >= 4 is 28.9 Å². The highest BCUT2D eigenvalue weighted by molar-refractivity contribution is 6.34. The van der Waals surface area contributed by atoms with E-state index < -0.39 is 0 Å². The lowest BCUT2D eigenvalue weighted by molar-refractivity contribution is 0.112. The zero-order chi connectivity index (χ0) is 10.8. The number of carbonyl (C=O) groups excluding carboxylic acids is 1. The molecular weight excluding hydrogens is 212 g/mol. The van der Waals surface area contributed by atoms with Gasteiger partial charge in [-0.2, -0.15) is 0 Å². The van der Waals surface area contributed by atoms with Crippen molar-refractivity contribution in [2.75, 3.05) is 0 Å². The molecule has 2 heterocycles. The third-order valence-electron chi connectivity index (χ3n) is 2.22. The summed E-state index contributed by atoms with van der Waals surface area (Å²) < 4.78 is 1.76. The predicted octanol–water partition coefficient (Wildman–Crippen LogP) is 2.69. The van der Waals surface area contributed by atoms with E-state index in [2.05, 4.69) is 11.6 Å². The van der Waals surface area contributed by atoms with Crippen LogP contribution in [0.15, 0.2) is 31.0 Å². The number of hydrogen-bond acceptors (Lipinski definition) is 2. The maximum absolute atomic E-state index is 10.9. The number of rotatable bonds is 3. The summed E-state index contributed by atoms with van der Waals surface area (Å²) in [4.78, 5) is 15.1. The van der Waals surface area contributed by atoms with Crippen LogP contribution in [0.25, 0.3) is 11.0 Å². The van der Waals surface area contributed by atoms with Gasteiger partial charge in [0.1, 0.15) is 10.8 Å². The molecule has 0 amide bonds. The minimum Gasteiger partial charge on any atom is -0.312 e. The number of pyridine rings is 1. The van der Waals surface area contributed by atoms with Crippen molar-refractivity contribution in [1.29, 1.82) is 0 Å². The Morgan fingerprint density at radius 1 is 1.60 bits per heavy atom. The monoisotopic (exact) mass is 220 g/mol. The van der Waals surface area contributed by atoms with E-state index in [9.17, 15) is 4.79 Å². The van der Waals surface area contributed by atoms with Crippen molar-refractivity contribution in [3.8, 4) is 0 Å². The first-order valence-corrected chi connectivity index (χ1v) is 4.86. The summed E-state index contributed by atoms with van der Waals surface area (Å²) in [5.41, 5.74) is 1.20. The molecule has 4 heteroatoms. The molecule has 0 spiro atoms. The number of hydrogen-bond donors (Lipinski definition) is 0. The molecule has 2 aromatic heterocycles. The number of aromatic nitrogens is 2. The fourth-order valence-electron chi connectivity index (χ4n) is 1.58. The Balaban J connectivity index is 2.83. The van der Waals surface area contributed by atoms with E-state index in [0.717, 1.165) is 11.7 Å². The van der Waals surface area contributed by atoms with Gasteiger partial charge in [-0.3, -0.25) is 4.79 Å². The normalized spacial score (nSPS) is 10.5. The number of fused-ring (bicyclic) bond motifs is 1. The zero-order valence-corrected chi connectivity index (χ0v) is 8.74. The van der Waals surface area contributed by atoms with Crippen LogP contribution in [0.1, 0.15) is 10.4 Å². The van der Waals surface area contributed by atoms with Gasteiger partial charge >= 0.3 is 0 Å². The molecular formula is C11H9ClN2O. The number of carbonyl (C=O) groups is 1. The number of nitrogens with zero attached hydrogens (tertiary/aromatic N) is 2. The fourth-order valence-corrected chi connectivity index (χ4v) is 1.88. The fraction of sp³-hybridized carbons (Fsp3) is 0.0909. The van der Waals surface area contributed by atoms with Crippen molar-refractivity contribution in [1.82, 2.24) is 9.55 Å². The minimum absolute atomic E-state index is 0.415. The summed E-state index contributed by atoms with van der Waals surface area (Å²) in [7, 11) is 0. The van der Waals surface area contributed by atoms with Crippen molar-refractivity contribution in [3.63, 3.8) is 0 Å². The number of halogens is 1. The van der Waals surface area contributed by atoms with Gasteiger partial charge in [0.15, 0.2) is 6.29 Å². The second-order valence-electron chi connectivity index (χ2n) is 3.10. The quantitative estimate of drug-likeness (QED) is 0.589. The van der Waals surface area contributed by atoms with Gasteiger partial charge in [0.25, 0.3) is 0 Å². The zero-order valence-electron chi connectivity index (χ0n) is 7.98. The molecule has 0 aliphatic carbocycles. The second-order valence-corrected chi connectivity index (χ2v) is 3.45. The van der Waals surface area contributed by atoms with Crippen LogP contribution >= 0.6 is 11.6 Å². The third-order valence-corrected chi connectivity index (χ3v) is 2.63. The van der Waals surface area contributed by atoms with Crippen LogP contribution in [0.4, 0.5) is 0 Å². The van der Waals surface area contributed by atoms with Crippen LogP contribution in [0.2, 0.25) is 5.15 Å². The van der Waals surface area contributed by atoms with Gasteiger partial charge in [-0.1, -0.05) is 17.7 Å². The van der Waals surface area contributed by atoms with E-state index in [4.69, 9.17) is 11.6 Å². The van der Waals surface area contributed by atoms with Crippen molar-refractivity contribution < 1.29 is 4.79 Å². The molecule has 0 saturated carbocycles. The third kappa shape index (κ3) is 1.45. The number of allylic oxidation sites excluding steroid dienone is 1. The molecule has 0 unspecified atom stereocenters. The van der Waals surface area contributed by atoms with Crippen LogP contribution in [0, 0.1) is 0 Å². The topological polar surface area (TPSA) is 34.9 Å². The smallest absolute Gasteiger partial charge is 0.153 e. The Hall–Kier alpha value is -1.61. The molecule has 0 bridgehead atoms. The molecule has 0 radical (unpaired) electrons. The summed E-state index contributed by atoms with van der Waals surface area (Å²) in [6.07, 6.45) is 4.15.